The van der Waals surface area contributed by atoms with Crippen LogP contribution in [0.4, 0.5) is 0 Å². The molecule has 1 heterocycles. The molecule has 1 aromatic heterocycles. The molecule has 90 valence electrons. The van der Waals surface area contributed by atoms with Gasteiger partial charge in [-0.2, -0.15) is 0 Å². The topological polar surface area (TPSA) is 33.1 Å². The molecule has 0 amide bonds. The second-order valence-corrected chi connectivity index (χ2v) is 4.78. The Morgan fingerprint density at radius 2 is 2.31 bits per heavy atom. The van der Waals surface area contributed by atoms with Crippen LogP contribution in [0.2, 0.25) is 0 Å². The molecule has 0 aromatic carbocycles. The average Bonchev–Trinajstić information content (AvgIpc) is 2.60. The molecule has 0 bridgehead atoms. The molecule has 5 heteroatoms. The van der Waals surface area contributed by atoms with Gasteiger partial charge in [-0.25, -0.2) is 4.98 Å². The summed E-state index contributed by atoms with van der Waals surface area (Å²) in [7, 11) is 3.96. The van der Waals surface area contributed by atoms with Crippen LogP contribution in [0.25, 0.3) is 0 Å². The molecule has 0 saturated carbocycles. The average molecular weight is 240 g/mol. The highest BCUT2D eigenvalue weighted by Crippen LogP contribution is 2.00. The van der Waals surface area contributed by atoms with Gasteiger partial charge in [-0.15, -0.1) is 0 Å². The van der Waals surface area contributed by atoms with Gasteiger partial charge in [0.05, 0.1) is 6.54 Å². The Morgan fingerprint density at radius 3 is 2.81 bits per heavy atom. The summed E-state index contributed by atoms with van der Waals surface area (Å²) >= 11 is 5.29. The molecular formula is C11H20N4S. The predicted molar refractivity (Wildman–Crippen MR) is 70.1 cm³/mol. The molecule has 1 N–H and O–H groups in total. The minimum atomic E-state index is 0.597. The standard InChI is InChI=1S/C11H20N4S/c1-9(2)7-13-11(16)15(4)8-10-12-5-6-14(10)3/h5-6,9H,7-8H2,1-4H3,(H,13,16). The summed E-state index contributed by atoms with van der Waals surface area (Å²) in [6.45, 7) is 5.96. The largest absolute Gasteiger partial charge is 0.362 e. The van der Waals surface area contributed by atoms with Crippen molar-refractivity contribution in [1.82, 2.24) is 19.8 Å². The van der Waals surface area contributed by atoms with Crippen LogP contribution in [0.3, 0.4) is 0 Å². The van der Waals surface area contributed by atoms with Gasteiger partial charge in [0.15, 0.2) is 5.11 Å². The first-order valence-electron chi connectivity index (χ1n) is 5.46. The number of hydrogen-bond donors (Lipinski definition) is 1. The van der Waals surface area contributed by atoms with Crippen LogP contribution in [0.1, 0.15) is 19.7 Å². The monoisotopic (exact) mass is 240 g/mol. The number of rotatable bonds is 4. The molecule has 1 aromatic rings. The zero-order chi connectivity index (χ0) is 12.1. The number of thiocarbonyl (C=S) groups is 1. The molecule has 16 heavy (non-hydrogen) atoms. The molecule has 0 unspecified atom stereocenters. The van der Waals surface area contributed by atoms with E-state index in [4.69, 9.17) is 12.2 Å². The molecule has 0 aliphatic carbocycles. The van der Waals surface area contributed by atoms with Crippen molar-refractivity contribution >= 4 is 17.3 Å². The van der Waals surface area contributed by atoms with E-state index in [9.17, 15) is 0 Å². The fourth-order valence-corrected chi connectivity index (χ4v) is 1.41. The van der Waals surface area contributed by atoms with Crippen molar-refractivity contribution in [2.24, 2.45) is 13.0 Å². The van der Waals surface area contributed by atoms with Crippen LogP contribution in [-0.4, -0.2) is 33.2 Å². The smallest absolute Gasteiger partial charge is 0.169 e. The van der Waals surface area contributed by atoms with Crippen molar-refractivity contribution in [1.29, 1.82) is 0 Å². The molecule has 0 spiro atoms. The van der Waals surface area contributed by atoms with Crippen molar-refractivity contribution in [3.05, 3.63) is 18.2 Å². The Morgan fingerprint density at radius 1 is 1.62 bits per heavy atom. The number of aromatic nitrogens is 2. The molecule has 0 fully saturated rings. The van der Waals surface area contributed by atoms with Crippen molar-refractivity contribution in [2.45, 2.75) is 20.4 Å². The van der Waals surface area contributed by atoms with E-state index >= 15 is 0 Å². The first-order valence-corrected chi connectivity index (χ1v) is 5.86. The summed E-state index contributed by atoms with van der Waals surface area (Å²) in [4.78, 5) is 6.27. The summed E-state index contributed by atoms with van der Waals surface area (Å²) in [5.41, 5.74) is 0. The van der Waals surface area contributed by atoms with E-state index in [0.29, 0.717) is 5.92 Å². The number of imidazole rings is 1. The van der Waals surface area contributed by atoms with Gasteiger partial charge in [0.1, 0.15) is 5.82 Å². The molecule has 0 saturated heterocycles. The Hall–Kier alpha value is -1.10. The molecule has 0 aliphatic heterocycles. The van der Waals surface area contributed by atoms with Gasteiger partial charge >= 0.3 is 0 Å². The molecular weight excluding hydrogens is 220 g/mol. The van der Waals surface area contributed by atoms with Gasteiger partial charge in [-0.3, -0.25) is 0 Å². The minimum absolute atomic E-state index is 0.597. The SMILES string of the molecule is CC(C)CNC(=S)N(C)Cc1nccn1C. The summed E-state index contributed by atoms with van der Waals surface area (Å²) in [5.74, 6) is 1.61. The highest BCUT2D eigenvalue weighted by atomic mass is 32.1. The van der Waals surface area contributed by atoms with E-state index in [1.165, 1.54) is 0 Å². The Balaban J connectivity index is 2.43. The normalized spacial score (nSPS) is 10.6. The van der Waals surface area contributed by atoms with Gasteiger partial charge in [0.2, 0.25) is 0 Å². The predicted octanol–water partition coefficient (Wildman–Crippen LogP) is 1.38. The number of aryl methyl sites for hydroxylation is 1. The van der Waals surface area contributed by atoms with Crippen molar-refractivity contribution in [2.75, 3.05) is 13.6 Å². The molecule has 0 radical (unpaired) electrons. The molecule has 4 nitrogen and oxygen atoms in total. The minimum Gasteiger partial charge on any atom is -0.362 e. The van der Waals surface area contributed by atoms with Gasteiger partial charge in [-0.05, 0) is 18.1 Å². The van der Waals surface area contributed by atoms with E-state index in [2.05, 4.69) is 24.1 Å². The van der Waals surface area contributed by atoms with Crippen LogP contribution in [0.5, 0.6) is 0 Å². The third-order valence-corrected chi connectivity index (χ3v) is 2.76. The van der Waals surface area contributed by atoms with Crippen LogP contribution in [0.15, 0.2) is 12.4 Å². The fourth-order valence-electron chi connectivity index (χ4n) is 1.26. The van der Waals surface area contributed by atoms with E-state index in [0.717, 1.165) is 24.0 Å². The second-order valence-electron chi connectivity index (χ2n) is 4.39. The quantitative estimate of drug-likeness (QED) is 0.806. The molecule has 0 atom stereocenters. The fraction of sp³-hybridized carbons (Fsp3) is 0.636. The number of nitrogens with zero attached hydrogens (tertiary/aromatic N) is 3. The van der Waals surface area contributed by atoms with E-state index in [1.54, 1.807) is 6.20 Å². The highest BCUT2D eigenvalue weighted by Gasteiger charge is 2.07. The third-order valence-electron chi connectivity index (χ3n) is 2.31. The van der Waals surface area contributed by atoms with E-state index in [1.807, 2.05) is 29.8 Å². The Labute approximate surface area is 103 Å². The van der Waals surface area contributed by atoms with Gasteiger partial charge < -0.3 is 14.8 Å². The Kier molecular flexibility index (Phi) is 4.73. The first kappa shape index (κ1) is 13.0. The summed E-state index contributed by atoms with van der Waals surface area (Å²) < 4.78 is 2.00. The first-order chi connectivity index (χ1) is 7.50. The zero-order valence-electron chi connectivity index (χ0n) is 10.4. The van der Waals surface area contributed by atoms with Gasteiger partial charge in [-0.1, -0.05) is 13.8 Å². The summed E-state index contributed by atoms with van der Waals surface area (Å²) in [6, 6.07) is 0. The van der Waals surface area contributed by atoms with Crippen molar-refractivity contribution in [3.8, 4) is 0 Å². The zero-order valence-corrected chi connectivity index (χ0v) is 11.2. The van der Waals surface area contributed by atoms with Crippen LogP contribution in [0, 0.1) is 5.92 Å². The lowest BCUT2D eigenvalue weighted by atomic mass is 10.2. The van der Waals surface area contributed by atoms with E-state index in [-0.39, 0.29) is 0 Å². The van der Waals surface area contributed by atoms with Crippen molar-refractivity contribution < 1.29 is 0 Å². The van der Waals surface area contributed by atoms with Gasteiger partial charge in [0.25, 0.3) is 0 Å². The maximum absolute atomic E-state index is 5.29. The Bertz CT molecular complexity index is 346. The number of hydrogen-bond acceptors (Lipinski definition) is 2. The van der Waals surface area contributed by atoms with Crippen LogP contribution >= 0.6 is 12.2 Å². The third kappa shape index (κ3) is 3.81. The maximum Gasteiger partial charge on any atom is 0.169 e. The van der Waals surface area contributed by atoms with Crippen molar-refractivity contribution in [3.63, 3.8) is 0 Å². The molecule has 1 rings (SSSR count). The van der Waals surface area contributed by atoms with Crippen LogP contribution in [-0.2, 0) is 13.6 Å². The van der Waals surface area contributed by atoms with E-state index < -0.39 is 0 Å². The molecule has 0 aliphatic rings. The highest BCUT2D eigenvalue weighted by molar-refractivity contribution is 7.80. The second kappa shape index (κ2) is 5.84. The van der Waals surface area contributed by atoms with Gasteiger partial charge in [0, 0.05) is 33.0 Å². The summed E-state index contributed by atoms with van der Waals surface area (Å²) in [6.07, 6.45) is 3.74. The van der Waals surface area contributed by atoms with Crippen LogP contribution < -0.4 is 5.32 Å². The lowest BCUT2D eigenvalue weighted by Crippen LogP contribution is -2.38. The maximum atomic E-state index is 5.29. The lowest BCUT2D eigenvalue weighted by Gasteiger charge is -2.21. The lowest BCUT2D eigenvalue weighted by molar-refractivity contribution is 0.458. The summed E-state index contributed by atoms with van der Waals surface area (Å²) in [5, 5.41) is 4.01. The number of nitrogens with one attached hydrogen (secondary N) is 1.